The molecule has 2 aliphatic rings. The summed E-state index contributed by atoms with van der Waals surface area (Å²) in [7, 11) is 0. The van der Waals surface area contributed by atoms with E-state index in [1.165, 1.54) is 12.8 Å². The minimum absolute atomic E-state index is 0.0843. The minimum Gasteiger partial charge on any atom is -0.481 e. The van der Waals surface area contributed by atoms with Crippen molar-refractivity contribution in [1.82, 2.24) is 9.80 Å². The fourth-order valence-electron chi connectivity index (χ4n) is 2.26. The molecule has 5 nitrogen and oxygen atoms in total. The van der Waals surface area contributed by atoms with Crippen molar-refractivity contribution >= 4 is 12.0 Å². The first-order valence-electron chi connectivity index (χ1n) is 6.35. The van der Waals surface area contributed by atoms with Gasteiger partial charge in [-0.15, -0.1) is 0 Å². The summed E-state index contributed by atoms with van der Waals surface area (Å²) in [5.74, 6) is 0.0819. The Hall–Kier alpha value is -1.26. The van der Waals surface area contributed by atoms with E-state index < -0.39 is 5.97 Å². The molecule has 96 valence electrons. The SMILES string of the molecule is CCN(CC1CC1)C(=O)N1CC(CC(=O)O)C1. The normalized spacial score (nSPS) is 19.9. The van der Waals surface area contributed by atoms with Crippen LogP contribution in [0.3, 0.4) is 0 Å². The molecule has 1 heterocycles. The zero-order valence-corrected chi connectivity index (χ0v) is 10.3. The van der Waals surface area contributed by atoms with E-state index in [1.807, 2.05) is 11.8 Å². The summed E-state index contributed by atoms with van der Waals surface area (Å²) in [4.78, 5) is 26.2. The molecule has 1 aliphatic carbocycles. The van der Waals surface area contributed by atoms with Gasteiger partial charge in [-0.1, -0.05) is 0 Å². The van der Waals surface area contributed by atoms with Crippen LogP contribution in [0, 0.1) is 11.8 Å². The highest BCUT2D eigenvalue weighted by Crippen LogP contribution is 2.30. The average Bonchev–Trinajstić information content (AvgIpc) is 3.02. The fourth-order valence-corrected chi connectivity index (χ4v) is 2.26. The lowest BCUT2D eigenvalue weighted by molar-refractivity contribution is -0.139. The van der Waals surface area contributed by atoms with E-state index >= 15 is 0 Å². The molecule has 1 saturated heterocycles. The van der Waals surface area contributed by atoms with E-state index in [9.17, 15) is 9.59 Å². The van der Waals surface area contributed by atoms with Crippen molar-refractivity contribution in [2.45, 2.75) is 26.2 Å². The van der Waals surface area contributed by atoms with Crippen LogP contribution in [0.4, 0.5) is 4.79 Å². The maximum atomic E-state index is 12.1. The molecule has 1 N–H and O–H groups in total. The summed E-state index contributed by atoms with van der Waals surface area (Å²) in [6.45, 7) is 4.82. The molecule has 0 unspecified atom stereocenters. The molecule has 0 radical (unpaired) electrons. The molecular weight excluding hydrogens is 220 g/mol. The molecule has 2 rings (SSSR count). The van der Waals surface area contributed by atoms with Gasteiger partial charge in [0.1, 0.15) is 0 Å². The van der Waals surface area contributed by atoms with Crippen molar-refractivity contribution in [2.24, 2.45) is 11.8 Å². The van der Waals surface area contributed by atoms with Crippen LogP contribution in [0.1, 0.15) is 26.2 Å². The number of hydrogen-bond acceptors (Lipinski definition) is 2. The highest BCUT2D eigenvalue weighted by atomic mass is 16.4. The number of likely N-dealkylation sites (tertiary alicyclic amines) is 1. The van der Waals surface area contributed by atoms with Crippen LogP contribution in [0.5, 0.6) is 0 Å². The number of aliphatic carboxylic acids is 1. The van der Waals surface area contributed by atoms with Gasteiger partial charge in [-0.2, -0.15) is 0 Å². The summed E-state index contributed by atoms with van der Waals surface area (Å²) in [6.07, 6.45) is 2.66. The molecule has 0 aromatic carbocycles. The van der Waals surface area contributed by atoms with Gasteiger partial charge in [0.15, 0.2) is 0 Å². The summed E-state index contributed by atoms with van der Waals surface area (Å²) >= 11 is 0. The summed E-state index contributed by atoms with van der Waals surface area (Å²) in [5, 5.41) is 8.64. The number of urea groups is 1. The topological polar surface area (TPSA) is 60.9 Å². The van der Waals surface area contributed by atoms with Gasteiger partial charge in [-0.25, -0.2) is 4.79 Å². The fraction of sp³-hybridized carbons (Fsp3) is 0.833. The number of carbonyl (C=O) groups is 2. The van der Waals surface area contributed by atoms with E-state index in [4.69, 9.17) is 5.11 Å². The first-order chi connectivity index (χ1) is 8.10. The summed E-state index contributed by atoms with van der Waals surface area (Å²) in [5.41, 5.74) is 0. The second-order valence-electron chi connectivity index (χ2n) is 5.13. The first kappa shape index (κ1) is 12.2. The van der Waals surface area contributed by atoms with Gasteiger partial charge in [0.2, 0.25) is 0 Å². The monoisotopic (exact) mass is 240 g/mol. The van der Waals surface area contributed by atoms with Gasteiger partial charge in [-0.3, -0.25) is 4.79 Å². The second kappa shape index (κ2) is 4.94. The minimum atomic E-state index is -0.771. The lowest BCUT2D eigenvalue weighted by atomic mass is 9.97. The maximum Gasteiger partial charge on any atom is 0.320 e. The number of carbonyl (C=O) groups excluding carboxylic acids is 1. The number of hydrogen-bond donors (Lipinski definition) is 1. The zero-order valence-electron chi connectivity index (χ0n) is 10.3. The quantitative estimate of drug-likeness (QED) is 0.786. The Bertz CT molecular complexity index is 309. The lowest BCUT2D eigenvalue weighted by Gasteiger charge is -2.41. The lowest BCUT2D eigenvalue weighted by Crippen LogP contribution is -2.55. The van der Waals surface area contributed by atoms with Gasteiger partial charge in [0, 0.05) is 32.1 Å². The summed E-state index contributed by atoms with van der Waals surface area (Å²) in [6, 6.07) is 0.0843. The van der Waals surface area contributed by atoms with Crippen LogP contribution >= 0.6 is 0 Å². The van der Waals surface area contributed by atoms with Gasteiger partial charge in [0.05, 0.1) is 6.42 Å². The Morgan fingerprint density at radius 1 is 1.29 bits per heavy atom. The van der Waals surface area contributed by atoms with E-state index in [1.54, 1.807) is 4.90 Å². The Kier molecular flexibility index (Phi) is 3.54. The molecule has 1 aliphatic heterocycles. The molecule has 0 spiro atoms. The standard InChI is InChI=1S/C12H20N2O3/c1-2-13(6-9-3-4-9)12(17)14-7-10(8-14)5-11(15)16/h9-10H,2-8H2,1H3,(H,15,16). The van der Waals surface area contributed by atoms with E-state index in [0.29, 0.717) is 19.0 Å². The van der Waals surface area contributed by atoms with Crippen LogP contribution in [0.2, 0.25) is 0 Å². The Labute approximate surface area is 101 Å². The molecule has 2 amide bonds. The molecule has 0 aromatic rings. The third-order valence-electron chi connectivity index (χ3n) is 3.52. The van der Waals surface area contributed by atoms with Crippen molar-refractivity contribution in [3.05, 3.63) is 0 Å². The van der Waals surface area contributed by atoms with Crippen molar-refractivity contribution in [1.29, 1.82) is 0 Å². The summed E-state index contributed by atoms with van der Waals surface area (Å²) < 4.78 is 0. The third-order valence-corrected chi connectivity index (χ3v) is 3.52. The predicted molar refractivity (Wildman–Crippen MR) is 62.7 cm³/mol. The van der Waals surface area contributed by atoms with Crippen LogP contribution in [-0.4, -0.2) is 53.1 Å². The van der Waals surface area contributed by atoms with Crippen LogP contribution in [0.25, 0.3) is 0 Å². The van der Waals surface area contributed by atoms with Crippen LogP contribution in [-0.2, 0) is 4.79 Å². The number of carboxylic acid groups (broad SMARTS) is 1. The van der Waals surface area contributed by atoms with Crippen molar-refractivity contribution in [2.75, 3.05) is 26.2 Å². The molecule has 17 heavy (non-hydrogen) atoms. The number of rotatable bonds is 5. The zero-order chi connectivity index (χ0) is 12.4. The van der Waals surface area contributed by atoms with E-state index in [2.05, 4.69) is 0 Å². The number of amides is 2. The van der Waals surface area contributed by atoms with Crippen molar-refractivity contribution in [3.63, 3.8) is 0 Å². The van der Waals surface area contributed by atoms with E-state index in [-0.39, 0.29) is 18.4 Å². The highest BCUT2D eigenvalue weighted by molar-refractivity contribution is 5.76. The Balaban J connectivity index is 1.74. The molecule has 0 bridgehead atoms. The highest BCUT2D eigenvalue weighted by Gasteiger charge is 2.35. The van der Waals surface area contributed by atoms with Gasteiger partial charge >= 0.3 is 12.0 Å². The van der Waals surface area contributed by atoms with Crippen LogP contribution < -0.4 is 0 Å². The van der Waals surface area contributed by atoms with E-state index in [0.717, 1.165) is 13.1 Å². The van der Waals surface area contributed by atoms with Gasteiger partial charge in [0.25, 0.3) is 0 Å². The maximum absolute atomic E-state index is 12.1. The molecule has 1 saturated carbocycles. The number of nitrogens with zero attached hydrogens (tertiary/aromatic N) is 2. The largest absolute Gasteiger partial charge is 0.481 e. The van der Waals surface area contributed by atoms with Gasteiger partial charge < -0.3 is 14.9 Å². The molecule has 2 fully saturated rings. The third kappa shape index (κ3) is 3.11. The molecule has 5 heteroatoms. The van der Waals surface area contributed by atoms with Crippen molar-refractivity contribution in [3.8, 4) is 0 Å². The Morgan fingerprint density at radius 2 is 1.94 bits per heavy atom. The Morgan fingerprint density at radius 3 is 2.41 bits per heavy atom. The molecule has 0 aromatic heterocycles. The van der Waals surface area contributed by atoms with Crippen molar-refractivity contribution < 1.29 is 14.7 Å². The average molecular weight is 240 g/mol. The molecular formula is C12H20N2O3. The van der Waals surface area contributed by atoms with Crippen LogP contribution in [0.15, 0.2) is 0 Å². The smallest absolute Gasteiger partial charge is 0.320 e. The predicted octanol–water partition coefficient (Wildman–Crippen LogP) is 1.24. The first-order valence-corrected chi connectivity index (χ1v) is 6.35. The van der Waals surface area contributed by atoms with Gasteiger partial charge in [-0.05, 0) is 25.7 Å². The molecule has 0 atom stereocenters. The number of carboxylic acids is 1. The second-order valence-corrected chi connectivity index (χ2v) is 5.13.